The number of nitriles is 1. The normalized spacial score (nSPS) is 18.2. The van der Waals surface area contributed by atoms with Crippen molar-refractivity contribution in [2.45, 2.75) is 30.8 Å². The van der Waals surface area contributed by atoms with E-state index in [2.05, 4.69) is 30.4 Å². The van der Waals surface area contributed by atoms with Crippen molar-refractivity contribution >= 4 is 11.8 Å². The van der Waals surface area contributed by atoms with Crippen molar-refractivity contribution in [2.75, 3.05) is 13.1 Å². The van der Waals surface area contributed by atoms with Crippen LogP contribution in [0.15, 0.2) is 24.3 Å². The minimum Gasteiger partial charge on any atom is -0.317 e. The number of nitrogens with one attached hydrogen (secondary N) is 1. The molecule has 1 saturated heterocycles. The second kappa shape index (κ2) is 6.82. The summed E-state index contributed by atoms with van der Waals surface area (Å²) in [6.45, 7) is 4.70. The molecule has 1 aliphatic heterocycles. The number of benzene rings is 1. The molecule has 1 aromatic rings. The molecule has 96 valence electrons. The summed E-state index contributed by atoms with van der Waals surface area (Å²) in [5.74, 6) is 1.91. The average molecular weight is 260 g/mol. The summed E-state index contributed by atoms with van der Waals surface area (Å²) < 4.78 is 0. The maximum atomic E-state index is 8.76. The van der Waals surface area contributed by atoms with Crippen molar-refractivity contribution in [2.24, 2.45) is 5.92 Å². The van der Waals surface area contributed by atoms with Crippen molar-refractivity contribution in [1.29, 1.82) is 5.26 Å². The number of rotatable bonds is 4. The van der Waals surface area contributed by atoms with Crippen molar-refractivity contribution in [3.63, 3.8) is 0 Å². The molecule has 1 unspecified atom stereocenters. The van der Waals surface area contributed by atoms with E-state index >= 15 is 0 Å². The minimum atomic E-state index is 0.725. The van der Waals surface area contributed by atoms with Crippen molar-refractivity contribution in [3.05, 3.63) is 35.4 Å². The van der Waals surface area contributed by atoms with Gasteiger partial charge >= 0.3 is 0 Å². The van der Waals surface area contributed by atoms with Crippen molar-refractivity contribution in [1.82, 2.24) is 5.32 Å². The SMILES string of the molecule is CC(SCc1ccc(C#N)cc1)C1CCNCC1. The number of hydrogen-bond donors (Lipinski definition) is 1. The van der Waals surface area contributed by atoms with Crippen LogP contribution < -0.4 is 5.32 Å². The van der Waals surface area contributed by atoms with Crippen LogP contribution in [0.25, 0.3) is 0 Å². The molecular weight excluding hydrogens is 240 g/mol. The molecule has 0 spiro atoms. The standard InChI is InChI=1S/C15H20N2S/c1-12(15-6-8-17-9-7-15)18-11-14-4-2-13(10-16)3-5-14/h2-5,12,15,17H,6-9,11H2,1H3. The predicted molar refractivity (Wildman–Crippen MR) is 77.5 cm³/mol. The first-order valence-corrected chi connectivity index (χ1v) is 7.66. The van der Waals surface area contributed by atoms with E-state index < -0.39 is 0 Å². The average Bonchev–Trinajstić information content (AvgIpc) is 2.46. The van der Waals surface area contributed by atoms with E-state index in [-0.39, 0.29) is 0 Å². The quantitative estimate of drug-likeness (QED) is 0.903. The van der Waals surface area contributed by atoms with E-state index in [9.17, 15) is 0 Å². The number of hydrogen-bond acceptors (Lipinski definition) is 3. The van der Waals surface area contributed by atoms with Crippen molar-refractivity contribution < 1.29 is 0 Å². The first kappa shape index (κ1) is 13.5. The molecular formula is C15H20N2S. The Labute approximate surface area is 114 Å². The second-order valence-corrected chi connectivity index (χ2v) is 6.28. The fraction of sp³-hybridized carbons (Fsp3) is 0.533. The van der Waals surface area contributed by atoms with Gasteiger partial charge in [-0.2, -0.15) is 17.0 Å². The maximum absolute atomic E-state index is 8.76. The Morgan fingerprint density at radius 3 is 2.61 bits per heavy atom. The Balaban J connectivity index is 1.81. The topological polar surface area (TPSA) is 35.8 Å². The van der Waals surface area contributed by atoms with Crippen LogP contribution in [0, 0.1) is 17.2 Å². The molecule has 18 heavy (non-hydrogen) atoms. The highest BCUT2D eigenvalue weighted by atomic mass is 32.2. The lowest BCUT2D eigenvalue weighted by Crippen LogP contribution is -2.31. The van der Waals surface area contributed by atoms with Crippen LogP contribution in [-0.4, -0.2) is 18.3 Å². The molecule has 0 bridgehead atoms. The Morgan fingerprint density at radius 2 is 2.00 bits per heavy atom. The molecule has 1 aliphatic rings. The second-order valence-electron chi connectivity index (χ2n) is 4.91. The molecule has 1 fully saturated rings. The first-order chi connectivity index (χ1) is 8.79. The van der Waals surface area contributed by atoms with Gasteiger partial charge in [0.05, 0.1) is 11.6 Å². The maximum Gasteiger partial charge on any atom is 0.0991 e. The molecule has 1 N–H and O–H groups in total. The number of piperidine rings is 1. The molecule has 2 nitrogen and oxygen atoms in total. The Hall–Kier alpha value is -0.980. The number of nitrogens with zero attached hydrogens (tertiary/aromatic N) is 1. The third-order valence-electron chi connectivity index (χ3n) is 3.64. The lowest BCUT2D eigenvalue weighted by atomic mass is 9.95. The molecule has 2 rings (SSSR count). The van der Waals surface area contributed by atoms with Gasteiger partial charge in [-0.1, -0.05) is 19.1 Å². The van der Waals surface area contributed by atoms with E-state index in [4.69, 9.17) is 5.26 Å². The van der Waals surface area contributed by atoms with Gasteiger partial charge in [0.15, 0.2) is 0 Å². The van der Waals surface area contributed by atoms with Crippen LogP contribution >= 0.6 is 11.8 Å². The Morgan fingerprint density at radius 1 is 1.33 bits per heavy atom. The summed E-state index contributed by atoms with van der Waals surface area (Å²) >= 11 is 2.04. The largest absolute Gasteiger partial charge is 0.317 e. The summed E-state index contributed by atoms with van der Waals surface area (Å²) in [6, 6.07) is 10.1. The van der Waals surface area contributed by atoms with E-state index in [0.717, 1.165) is 22.5 Å². The van der Waals surface area contributed by atoms with E-state index in [1.807, 2.05) is 23.9 Å². The van der Waals surface area contributed by atoms with E-state index in [1.165, 1.54) is 31.5 Å². The van der Waals surface area contributed by atoms with Gasteiger partial charge in [-0.25, -0.2) is 0 Å². The first-order valence-electron chi connectivity index (χ1n) is 6.61. The minimum absolute atomic E-state index is 0.725. The zero-order valence-electron chi connectivity index (χ0n) is 10.9. The smallest absolute Gasteiger partial charge is 0.0991 e. The van der Waals surface area contributed by atoms with Gasteiger partial charge in [0.2, 0.25) is 0 Å². The van der Waals surface area contributed by atoms with Gasteiger partial charge in [-0.05, 0) is 49.5 Å². The van der Waals surface area contributed by atoms with Gasteiger partial charge in [-0.3, -0.25) is 0 Å². The van der Waals surface area contributed by atoms with Crippen LogP contribution in [-0.2, 0) is 5.75 Å². The highest BCUT2D eigenvalue weighted by Gasteiger charge is 2.19. The summed E-state index contributed by atoms with van der Waals surface area (Å²) in [5, 5.41) is 12.9. The molecule has 0 radical (unpaired) electrons. The highest BCUT2D eigenvalue weighted by molar-refractivity contribution is 7.99. The summed E-state index contributed by atoms with van der Waals surface area (Å²) in [7, 11) is 0. The van der Waals surface area contributed by atoms with Gasteiger partial charge in [0.1, 0.15) is 0 Å². The monoisotopic (exact) mass is 260 g/mol. The summed E-state index contributed by atoms with van der Waals surface area (Å²) in [6.07, 6.45) is 2.61. The Kier molecular flexibility index (Phi) is 5.10. The lowest BCUT2D eigenvalue weighted by Gasteiger charge is -2.27. The molecule has 1 heterocycles. The zero-order chi connectivity index (χ0) is 12.8. The summed E-state index contributed by atoms with van der Waals surface area (Å²) in [5.41, 5.74) is 2.06. The molecule has 1 aromatic carbocycles. The lowest BCUT2D eigenvalue weighted by molar-refractivity contribution is 0.373. The summed E-state index contributed by atoms with van der Waals surface area (Å²) in [4.78, 5) is 0. The van der Waals surface area contributed by atoms with Crippen LogP contribution in [0.3, 0.4) is 0 Å². The molecule has 3 heteroatoms. The zero-order valence-corrected chi connectivity index (χ0v) is 11.7. The molecule has 1 atom stereocenters. The molecule has 0 amide bonds. The van der Waals surface area contributed by atoms with Crippen LogP contribution in [0.2, 0.25) is 0 Å². The number of thioether (sulfide) groups is 1. The van der Waals surface area contributed by atoms with Crippen LogP contribution in [0.1, 0.15) is 30.9 Å². The third-order valence-corrected chi connectivity index (χ3v) is 5.05. The van der Waals surface area contributed by atoms with E-state index in [1.54, 1.807) is 0 Å². The van der Waals surface area contributed by atoms with Gasteiger partial charge in [0, 0.05) is 11.0 Å². The third kappa shape index (κ3) is 3.76. The fourth-order valence-corrected chi connectivity index (χ4v) is 3.55. The fourth-order valence-electron chi connectivity index (χ4n) is 2.35. The molecule has 0 aromatic heterocycles. The van der Waals surface area contributed by atoms with Crippen LogP contribution in [0.4, 0.5) is 0 Å². The van der Waals surface area contributed by atoms with Crippen molar-refractivity contribution in [3.8, 4) is 6.07 Å². The predicted octanol–water partition coefficient (Wildman–Crippen LogP) is 3.18. The highest BCUT2D eigenvalue weighted by Crippen LogP contribution is 2.28. The molecule has 0 saturated carbocycles. The van der Waals surface area contributed by atoms with Gasteiger partial charge < -0.3 is 5.32 Å². The Bertz CT molecular complexity index is 401. The van der Waals surface area contributed by atoms with E-state index in [0.29, 0.717) is 0 Å². The molecule has 0 aliphatic carbocycles. The van der Waals surface area contributed by atoms with Crippen LogP contribution in [0.5, 0.6) is 0 Å². The van der Waals surface area contributed by atoms with Gasteiger partial charge in [-0.15, -0.1) is 0 Å². The van der Waals surface area contributed by atoms with Gasteiger partial charge in [0.25, 0.3) is 0 Å².